The number of ether oxygens (including phenoxy) is 1. The van der Waals surface area contributed by atoms with E-state index in [9.17, 15) is 9.59 Å². The van der Waals surface area contributed by atoms with Crippen molar-refractivity contribution in [1.82, 2.24) is 0 Å². The molecule has 91 valence electrons. The second kappa shape index (κ2) is 4.73. The van der Waals surface area contributed by atoms with Gasteiger partial charge in [-0.05, 0) is 17.2 Å². The van der Waals surface area contributed by atoms with Gasteiger partial charge in [-0.2, -0.15) is 0 Å². The van der Waals surface area contributed by atoms with Crippen LogP contribution >= 0.6 is 0 Å². The van der Waals surface area contributed by atoms with Gasteiger partial charge in [-0.1, -0.05) is 36.4 Å². The third-order valence-electron chi connectivity index (χ3n) is 3.14. The molecule has 3 radical (unpaired) electrons. The number of carbonyl (C=O) groups excluding carboxylic acids is 2. The first-order valence-corrected chi connectivity index (χ1v) is 5.59. The van der Waals surface area contributed by atoms with Crippen LogP contribution in [0.1, 0.15) is 20.7 Å². The molecule has 0 fully saturated rings. The number of fused-ring (bicyclic) bond motifs is 3. The van der Waals surface area contributed by atoms with E-state index in [0.717, 1.165) is 11.1 Å². The van der Waals surface area contributed by atoms with Gasteiger partial charge in [-0.3, -0.25) is 9.59 Å². The van der Waals surface area contributed by atoms with Gasteiger partial charge in [0.05, 0.1) is 12.7 Å². The van der Waals surface area contributed by atoms with Crippen LogP contribution in [0, 0.1) is 0 Å². The van der Waals surface area contributed by atoms with Crippen molar-refractivity contribution in [3.05, 3.63) is 53.6 Å². The summed E-state index contributed by atoms with van der Waals surface area (Å²) in [4.78, 5) is 24.2. The average Bonchev–Trinajstić information content (AvgIpc) is 2.44. The lowest BCUT2D eigenvalue weighted by Gasteiger charge is -2.19. The monoisotopic (exact) mass is 249 g/mol. The maximum Gasteiger partial charge on any atom is 0.237 e. The molecule has 1 aliphatic rings. The van der Waals surface area contributed by atoms with Gasteiger partial charge in [0.1, 0.15) is 5.75 Å². The predicted octanol–water partition coefficient (Wildman–Crippen LogP) is 2.36. The highest BCUT2D eigenvalue weighted by Gasteiger charge is 2.32. The predicted molar refractivity (Wildman–Crippen MR) is 72.8 cm³/mol. The Balaban J connectivity index is 0.00000133. The Morgan fingerprint density at radius 3 is 2.11 bits per heavy atom. The van der Waals surface area contributed by atoms with Crippen molar-refractivity contribution < 1.29 is 14.3 Å². The van der Waals surface area contributed by atoms with Crippen molar-refractivity contribution in [3.63, 3.8) is 0 Å². The molecule has 0 spiro atoms. The van der Waals surface area contributed by atoms with Crippen molar-refractivity contribution in [2.45, 2.75) is 0 Å². The Bertz CT molecular complexity index is 677. The van der Waals surface area contributed by atoms with E-state index in [1.165, 1.54) is 7.11 Å². The smallest absolute Gasteiger partial charge is 0.237 e. The minimum absolute atomic E-state index is 0. The fraction of sp³-hybridized carbons (Fsp3) is 0.0667. The summed E-state index contributed by atoms with van der Waals surface area (Å²) in [6.45, 7) is 0. The highest BCUT2D eigenvalue weighted by Crippen LogP contribution is 2.37. The largest absolute Gasteiger partial charge is 0.496 e. The van der Waals surface area contributed by atoms with Crippen molar-refractivity contribution in [3.8, 4) is 16.9 Å². The third-order valence-corrected chi connectivity index (χ3v) is 3.14. The van der Waals surface area contributed by atoms with Gasteiger partial charge in [-0.25, -0.2) is 0 Å². The molecule has 0 saturated heterocycles. The molecule has 19 heavy (non-hydrogen) atoms. The number of Topliss-reactive ketones (excluding diaryl/α,β-unsaturated/α-hetero) is 2. The quantitative estimate of drug-likeness (QED) is 0.575. The standard InChI is InChI=1S/C15H10O3.B/c1-18-12-8-4-7-10-9-5-2-3-6-11(9)14(16)15(17)13(10)12;/h2-8H,1H3;. The molecular weight excluding hydrogens is 239 g/mol. The average molecular weight is 249 g/mol. The highest BCUT2D eigenvalue weighted by molar-refractivity contribution is 6.53. The molecule has 0 unspecified atom stereocenters. The molecule has 0 amide bonds. The summed E-state index contributed by atoms with van der Waals surface area (Å²) in [6, 6.07) is 12.5. The topological polar surface area (TPSA) is 43.4 Å². The number of carbonyl (C=O) groups is 2. The first-order valence-electron chi connectivity index (χ1n) is 5.59. The Kier molecular flexibility index (Phi) is 3.26. The minimum atomic E-state index is -0.499. The van der Waals surface area contributed by atoms with Crippen LogP contribution in [0.5, 0.6) is 5.75 Å². The Labute approximate surface area is 112 Å². The maximum absolute atomic E-state index is 12.1. The number of ketones is 2. The summed E-state index contributed by atoms with van der Waals surface area (Å²) in [5.41, 5.74) is 2.37. The number of hydrogen-bond donors (Lipinski definition) is 0. The normalized spacial score (nSPS) is 12.3. The zero-order valence-electron chi connectivity index (χ0n) is 10.3. The van der Waals surface area contributed by atoms with Gasteiger partial charge in [0.25, 0.3) is 0 Å². The molecule has 0 bridgehead atoms. The molecule has 0 aromatic heterocycles. The lowest BCUT2D eigenvalue weighted by atomic mass is 9.83. The van der Waals surface area contributed by atoms with Crippen LogP contribution in [0.2, 0.25) is 0 Å². The lowest BCUT2D eigenvalue weighted by Crippen LogP contribution is -2.21. The molecule has 4 heteroatoms. The summed E-state index contributed by atoms with van der Waals surface area (Å²) in [5, 5.41) is 0. The van der Waals surface area contributed by atoms with E-state index in [1.54, 1.807) is 18.2 Å². The first-order chi connectivity index (χ1) is 8.74. The molecule has 1 aliphatic carbocycles. The van der Waals surface area contributed by atoms with Crippen molar-refractivity contribution in [1.29, 1.82) is 0 Å². The molecule has 0 heterocycles. The minimum Gasteiger partial charge on any atom is -0.496 e. The Morgan fingerprint density at radius 1 is 0.789 bits per heavy atom. The van der Waals surface area contributed by atoms with E-state index in [1.807, 2.05) is 24.3 Å². The van der Waals surface area contributed by atoms with Gasteiger partial charge < -0.3 is 4.74 Å². The summed E-state index contributed by atoms with van der Waals surface area (Å²) in [7, 11) is 1.49. The van der Waals surface area contributed by atoms with Crippen molar-refractivity contribution in [2.75, 3.05) is 7.11 Å². The SMILES string of the molecule is COc1cccc2c1C(=O)C(=O)c1ccccc1-2.[B]. The zero-order valence-corrected chi connectivity index (χ0v) is 10.3. The molecule has 0 saturated carbocycles. The second-order valence-corrected chi connectivity index (χ2v) is 4.09. The molecule has 0 atom stereocenters. The van der Waals surface area contributed by atoms with Crippen LogP contribution in [0.4, 0.5) is 0 Å². The van der Waals surface area contributed by atoms with Crippen molar-refractivity contribution >= 4 is 20.0 Å². The van der Waals surface area contributed by atoms with E-state index in [-0.39, 0.29) is 8.41 Å². The van der Waals surface area contributed by atoms with Crippen LogP contribution in [0.15, 0.2) is 42.5 Å². The van der Waals surface area contributed by atoms with Crippen LogP contribution in [0.25, 0.3) is 11.1 Å². The number of rotatable bonds is 1. The molecular formula is C15H10BO3. The molecule has 3 nitrogen and oxygen atoms in total. The maximum atomic E-state index is 12.1. The van der Waals surface area contributed by atoms with E-state index >= 15 is 0 Å². The van der Waals surface area contributed by atoms with E-state index < -0.39 is 11.6 Å². The second-order valence-electron chi connectivity index (χ2n) is 4.09. The first kappa shape index (κ1) is 13.1. The van der Waals surface area contributed by atoms with Crippen LogP contribution in [0.3, 0.4) is 0 Å². The Hall–Kier alpha value is -2.36. The van der Waals surface area contributed by atoms with Gasteiger partial charge in [0.15, 0.2) is 0 Å². The van der Waals surface area contributed by atoms with Gasteiger partial charge in [0, 0.05) is 14.0 Å². The molecule has 3 rings (SSSR count). The number of benzene rings is 2. The summed E-state index contributed by atoms with van der Waals surface area (Å²) >= 11 is 0. The summed E-state index contributed by atoms with van der Waals surface area (Å²) < 4.78 is 5.17. The van der Waals surface area contributed by atoms with Gasteiger partial charge >= 0.3 is 0 Å². The number of hydrogen-bond acceptors (Lipinski definition) is 3. The van der Waals surface area contributed by atoms with E-state index in [0.29, 0.717) is 16.9 Å². The fourth-order valence-corrected chi connectivity index (χ4v) is 2.31. The number of methoxy groups -OCH3 is 1. The Morgan fingerprint density at radius 2 is 1.42 bits per heavy atom. The van der Waals surface area contributed by atoms with Gasteiger partial charge in [-0.15, -0.1) is 0 Å². The molecule has 2 aromatic carbocycles. The fourth-order valence-electron chi connectivity index (χ4n) is 2.31. The molecule has 0 N–H and O–H groups in total. The molecule has 0 aliphatic heterocycles. The lowest BCUT2D eigenvalue weighted by molar-refractivity contribution is 0.0813. The molecule has 2 aromatic rings. The highest BCUT2D eigenvalue weighted by atomic mass is 16.5. The van der Waals surface area contributed by atoms with E-state index in [4.69, 9.17) is 4.74 Å². The zero-order chi connectivity index (χ0) is 12.7. The van der Waals surface area contributed by atoms with Crippen molar-refractivity contribution in [2.24, 2.45) is 0 Å². The van der Waals surface area contributed by atoms with E-state index in [2.05, 4.69) is 0 Å². The summed E-state index contributed by atoms with van der Waals surface area (Å²) in [5.74, 6) is -0.524. The van der Waals surface area contributed by atoms with Crippen LogP contribution in [-0.4, -0.2) is 27.1 Å². The van der Waals surface area contributed by atoms with Gasteiger partial charge in [0.2, 0.25) is 11.6 Å². The van der Waals surface area contributed by atoms with Crippen LogP contribution < -0.4 is 4.74 Å². The third kappa shape index (κ3) is 1.76. The van der Waals surface area contributed by atoms with Crippen LogP contribution in [-0.2, 0) is 0 Å². The summed E-state index contributed by atoms with van der Waals surface area (Å²) in [6.07, 6.45) is 0.